The Kier molecular flexibility index (Phi) is 4.99. The van der Waals surface area contributed by atoms with E-state index in [4.69, 9.17) is 0 Å². The number of anilines is 1. The van der Waals surface area contributed by atoms with Crippen molar-refractivity contribution in [1.82, 2.24) is 0 Å². The van der Waals surface area contributed by atoms with Gasteiger partial charge in [-0.05, 0) is 46.3 Å². The van der Waals surface area contributed by atoms with Gasteiger partial charge in [0.25, 0.3) is 0 Å². The highest BCUT2D eigenvalue weighted by Gasteiger charge is 2.07. The molecule has 1 amide bonds. The van der Waals surface area contributed by atoms with E-state index in [1.54, 1.807) is 6.07 Å². The number of nitrogens with one attached hydrogen (secondary N) is 1. The van der Waals surface area contributed by atoms with Crippen molar-refractivity contribution in [3.63, 3.8) is 0 Å². The number of hydrogen-bond donors (Lipinski definition) is 1. The summed E-state index contributed by atoms with van der Waals surface area (Å²) in [6, 6.07) is 13.8. The monoisotopic (exact) mass is 339 g/mol. The molecule has 98 valence electrons. The second kappa shape index (κ2) is 6.73. The van der Waals surface area contributed by atoms with Gasteiger partial charge in [0.05, 0.1) is 11.4 Å². The fraction of sp³-hybridized carbons (Fsp3) is 0.0714. The summed E-state index contributed by atoms with van der Waals surface area (Å²) in [6.45, 7) is 0. The third-order valence-corrected chi connectivity index (χ3v) is 4.02. The Labute approximate surface area is 123 Å². The summed E-state index contributed by atoms with van der Waals surface area (Å²) >= 11 is 4.70. The zero-order valence-electron chi connectivity index (χ0n) is 9.90. The second-order valence-electron chi connectivity index (χ2n) is 3.77. The Balaban J connectivity index is 1.93. The Morgan fingerprint density at radius 1 is 1.21 bits per heavy atom. The first kappa shape index (κ1) is 14.1. The minimum atomic E-state index is -0.380. The predicted octanol–water partition coefficient (Wildman–Crippen LogP) is 4.32. The zero-order chi connectivity index (χ0) is 13.7. The number of amides is 1. The first-order valence-electron chi connectivity index (χ1n) is 5.58. The van der Waals surface area contributed by atoms with Crippen LogP contribution in [0.3, 0.4) is 0 Å². The molecule has 0 heterocycles. The molecule has 0 atom stereocenters. The lowest BCUT2D eigenvalue weighted by Crippen LogP contribution is -2.14. The number of thioether (sulfide) groups is 1. The molecule has 2 rings (SSSR count). The summed E-state index contributed by atoms with van der Waals surface area (Å²) in [4.78, 5) is 12.8. The first-order chi connectivity index (χ1) is 9.15. The van der Waals surface area contributed by atoms with Crippen LogP contribution >= 0.6 is 27.7 Å². The molecule has 0 fully saturated rings. The van der Waals surface area contributed by atoms with Gasteiger partial charge in [-0.2, -0.15) is 0 Å². The van der Waals surface area contributed by atoms with Gasteiger partial charge in [0.2, 0.25) is 5.91 Å². The summed E-state index contributed by atoms with van der Waals surface area (Å²) < 4.78 is 13.7. The zero-order valence-corrected chi connectivity index (χ0v) is 12.3. The van der Waals surface area contributed by atoms with Gasteiger partial charge in [0.1, 0.15) is 5.82 Å². The smallest absolute Gasteiger partial charge is 0.234 e. The second-order valence-corrected chi connectivity index (χ2v) is 5.68. The van der Waals surface area contributed by atoms with Crippen LogP contribution in [0.4, 0.5) is 10.1 Å². The molecule has 0 saturated carbocycles. The highest BCUT2D eigenvalue weighted by molar-refractivity contribution is 9.10. The lowest BCUT2D eigenvalue weighted by Gasteiger charge is -2.07. The van der Waals surface area contributed by atoms with E-state index in [1.165, 1.54) is 23.9 Å². The van der Waals surface area contributed by atoms with Crippen molar-refractivity contribution < 1.29 is 9.18 Å². The molecule has 0 radical (unpaired) electrons. The van der Waals surface area contributed by atoms with Gasteiger partial charge in [-0.25, -0.2) is 4.39 Å². The fourth-order valence-corrected chi connectivity index (χ4v) is 2.51. The number of carbonyl (C=O) groups is 1. The Morgan fingerprint density at radius 2 is 1.95 bits per heavy atom. The molecule has 2 nitrogen and oxygen atoms in total. The van der Waals surface area contributed by atoms with Crippen LogP contribution in [-0.2, 0) is 4.79 Å². The van der Waals surface area contributed by atoms with Gasteiger partial charge in [0, 0.05) is 9.37 Å². The lowest BCUT2D eigenvalue weighted by molar-refractivity contribution is -0.113. The van der Waals surface area contributed by atoms with Gasteiger partial charge in [-0.3, -0.25) is 4.79 Å². The lowest BCUT2D eigenvalue weighted by atomic mass is 10.3. The molecule has 0 bridgehead atoms. The predicted molar refractivity (Wildman–Crippen MR) is 79.9 cm³/mol. The van der Waals surface area contributed by atoms with E-state index in [0.29, 0.717) is 10.2 Å². The van der Waals surface area contributed by atoms with Gasteiger partial charge in [0.15, 0.2) is 0 Å². The van der Waals surface area contributed by atoms with Gasteiger partial charge >= 0.3 is 0 Å². The van der Waals surface area contributed by atoms with Crippen LogP contribution in [-0.4, -0.2) is 11.7 Å². The van der Waals surface area contributed by atoms with E-state index in [-0.39, 0.29) is 17.5 Å². The number of benzene rings is 2. The molecule has 2 aromatic carbocycles. The quantitative estimate of drug-likeness (QED) is 0.840. The van der Waals surface area contributed by atoms with Crippen molar-refractivity contribution in [3.8, 4) is 0 Å². The topological polar surface area (TPSA) is 29.1 Å². The SMILES string of the molecule is O=C(CSc1ccccc1)Nc1cc(F)ccc1Br. The summed E-state index contributed by atoms with van der Waals surface area (Å²) in [5.41, 5.74) is 0.443. The molecule has 0 aromatic heterocycles. The fourth-order valence-electron chi connectivity index (χ4n) is 1.45. The average molecular weight is 340 g/mol. The van der Waals surface area contributed by atoms with Crippen LogP contribution < -0.4 is 5.32 Å². The molecule has 0 saturated heterocycles. The summed E-state index contributed by atoms with van der Waals surface area (Å²) in [7, 11) is 0. The first-order valence-corrected chi connectivity index (χ1v) is 7.36. The molecule has 5 heteroatoms. The number of halogens is 2. The number of rotatable bonds is 4. The molecular weight excluding hydrogens is 329 g/mol. The van der Waals surface area contributed by atoms with Crippen LogP contribution in [0, 0.1) is 5.82 Å². The van der Waals surface area contributed by atoms with E-state index >= 15 is 0 Å². The maximum absolute atomic E-state index is 13.1. The van der Waals surface area contributed by atoms with E-state index in [0.717, 1.165) is 4.90 Å². The van der Waals surface area contributed by atoms with E-state index in [9.17, 15) is 9.18 Å². The van der Waals surface area contributed by atoms with E-state index in [2.05, 4.69) is 21.2 Å². The Morgan fingerprint density at radius 3 is 2.68 bits per heavy atom. The van der Waals surface area contributed by atoms with Crippen molar-refractivity contribution in [1.29, 1.82) is 0 Å². The number of hydrogen-bond acceptors (Lipinski definition) is 2. The molecule has 19 heavy (non-hydrogen) atoms. The molecule has 0 unspecified atom stereocenters. The molecule has 0 aliphatic rings. The summed E-state index contributed by atoms with van der Waals surface area (Å²) in [5, 5.41) is 2.67. The van der Waals surface area contributed by atoms with Crippen molar-refractivity contribution >= 4 is 39.3 Å². The van der Waals surface area contributed by atoms with Crippen LogP contribution in [0.2, 0.25) is 0 Å². The Hall–Kier alpha value is -1.33. The van der Waals surface area contributed by atoms with Crippen LogP contribution in [0.5, 0.6) is 0 Å². The van der Waals surface area contributed by atoms with Crippen LogP contribution in [0.1, 0.15) is 0 Å². The summed E-state index contributed by atoms with van der Waals surface area (Å²) in [5.74, 6) is -0.262. The van der Waals surface area contributed by atoms with Gasteiger partial charge < -0.3 is 5.32 Å². The van der Waals surface area contributed by atoms with Crippen LogP contribution in [0.25, 0.3) is 0 Å². The normalized spacial score (nSPS) is 10.2. The van der Waals surface area contributed by atoms with Crippen molar-refractivity contribution in [2.45, 2.75) is 4.90 Å². The minimum absolute atomic E-state index is 0.167. The minimum Gasteiger partial charge on any atom is -0.324 e. The molecule has 1 N–H and O–H groups in total. The van der Waals surface area contributed by atoms with Crippen molar-refractivity contribution in [3.05, 3.63) is 58.8 Å². The van der Waals surface area contributed by atoms with Gasteiger partial charge in [-0.1, -0.05) is 18.2 Å². The van der Waals surface area contributed by atoms with Crippen molar-refractivity contribution in [2.24, 2.45) is 0 Å². The molecular formula is C14H11BrFNOS. The maximum atomic E-state index is 13.1. The highest BCUT2D eigenvalue weighted by Crippen LogP contribution is 2.24. The maximum Gasteiger partial charge on any atom is 0.234 e. The van der Waals surface area contributed by atoms with Gasteiger partial charge in [-0.15, -0.1) is 11.8 Å². The van der Waals surface area contributed by atoms with E-state index < -0.39 is 0 Å². The van der Waals surface area contributed by atoms with E-state index in [1.807, 2.05) is 30.3 Å². The molecule has 2 aromatic rings. The average Bonchev–Trinajstić information content (AvgIpc) is 2.42. The third kappa shape index (κ3) is 4.36. The Bertz CT molecular complexity index is 577. The van der Waals surface area contributed by atoms with Crippen molar-refractivity contribution in [2.75, 3.05) is 11.1 Å². The largest absolute Gasteiger partial charge is 0.324 e. The standard InChI is InChI=1S/C14H11BrFNOS/c15-12-7-6-10(16)8-13(12)17-14(18)9-19-11-4-2-1-3-5-11/h1-8H,9H2,(H,17,18). The highest BCUT2D eigenvalue weighted by atomic mass is 79.9. The molecule has 0 spiro atoms. The summed E-state index contributed by atoms with van der Waals surface area (Å²) in [6.07, 6.45) is 0. The number of carbonyl (C=O) groups excluding carboxylic acids is 1. The third-order valence-electron chi connectivity index (χ3n) is 2.32. The molecule has 0 aliphatic carbocycles. The molecule has 0 aliphatic heterocycles. The van der Waals surface area contributed by atoms with Crippen LogP contribution in [0.15, 0.2) is 57.9 Å².